The molecule has 0 bridgehead atoms. The Morgan fingerprint density at radius 1 is 1.07 bits per heavy atom. The minimum absolute atomic E-state index is 0.125. The molecule has 1 amide bonds. The maximum Gasteiger partial charge on any atom is 0.311 e. The van der Waals surface area contributed by atoms with Gasteiger partial charge in [-0.2, -0.15) is 0 Å². The first kappa shape index (κ1) is 21.9. The van der Waals surface area contributed by atoms with Crippen molar-refractivity contribution in [3.63, 3.8) is 0 Å². The average Bonchev–Trinajstić information content (AvgIpc) is 2.72. The normalized spacial score (nSPS) is 10.7. The van der Waals surface area contributed by atoms with Gasteiger partial charge in [-0.05, 0) is 54.8 Å². The molecule has 2 rings (SSSR count). The van der Waals surface area contributed by atoms with Gasteiger partial charge in [0, 0.05) is 17.8 Å². The van der Waals surface area contributed by atoms with Gasteiger partial charge >= 0.3 is 5.69 Å². The van der Waals surface area contributed by atoms with Crippen LogP contribution in [0.3, 0.4) is 0 Å². The Morgan fingerprint density at radius 3 is 2.48 bits per heavy atom. The molecule has 0 aliphatic carbocycles. The van der Waals surface area contributed by atoms with Crippen molar-refractivity contribution in [2.75, 3.05) is 18.5 Å². The van der Waals surface area contributed by atoms with E-state index in [1.54, 1.807) is 36.4 Å². The second-order valence-corrected chi connectivity index (χ2v) is 6.38. The first-order chi connectivity index (χ1) is 14.0. The lowest BCUT2D eigenvalue weighted by Crippen LogP contribution is -2.07. The van der Waals surface area contributed by atoms with Gasteiger partial charge in [-0.15, -0.1) is 0 Å². The summed E-state index contributed by atoms with van der Waals surface area (Å²) in [6.45, 7) is 5.09. The molecule has 0 aliphatic rings. The Bertz CT molecular complexity index is 847. The van der Waals surface area contributed by atoms with E-state index in [0.717, 1.165) is 25.0 Å². The Kier molecular flexibility index (Phi) is 8.69. The van der Waals surface area contributed by atoms with Crippen molar-refractivity contribution in [2.45, 2.75) is 33.1 Å². The highest BCUT2D eigenvalue weighted by molar-refractivity contribution is 6.02. The molecule has 0 unspecified atom stereocenters. The zero-order valence-corrected chi connectivity index (χ0v) is 16.7. The van der Waals surface area contributed by atoms with E-state index in [2.05, 4.69) is 12.2 Å². The Hall–Kier alpha value is -3.35. The topological polar surface area (TPSA) is 90.7 Å². The summed E-state index contributed by atoms with van der Waals surface area (Å²) in [5, 5.41) is 14.0. The number of carbonyl (C=O) groups excluding carboxylic acids is 1. The minimum Gasteiger partial charge on any atom is -0.494 e. The molecule has 0 heterocycles. The number of nitro groups is 1. The number of unbranched alkanes of at least 4 members (excludes halogenated alkanes) is 1. The van der Waals surface area contributed by atoms with Gasteiger partial charge in [-0.3, -0.25) is 14.9 Å². The first-order valence-electron chi connectivity index (χ1n) is 9.66. The van der Waals surface area contributed by atoms with Gasteiger partial charge in [-0.1, -0.05) is 26.3 Å². The van der Waals surface area contributed by atoms with E-state index in [4.69, 9.17) is 9.47 Å². The molecule has 0 aliphatic heterocycles. The van der Waals surface area contributed by atoms with Crippen molar-refractivity contribution < 1.29 is 19.2 Å². The molecule has 7 nitrogen and oxygen atoms in total. The zero-order chi connectivity index (χ0) is 21.1. The number of nitro benzene ring substituents is 1. The van der Waals surface area contributed by atoms with E-state index in [-0.39, 0.29) is 17.3 Å². The lowest BCUT2D eigenvalue weighted by Gasteiger charge is -2.07. The van der Waals surface area contributed by atoms with Crippen molar-refractivity contribution in [3.8, 4) is 11.5 Å². The minimum atomic E-state index is -0.494. The van der Waals surface area contributed by atoms with Crippen LogP contribution < -0.4 is 14.8 Å². The third kappa shape index (κ3) is 7.29. The number of benzene rings is 2. The summed E-state index contributed by atoms with van der Waals surface area (Å²) in [6.07, 6.45) is 5.67. The Morgan fingerprint density at radius 2 is 1.83 bits per heavy atom. The first-order valence-corrected chi connectivity index (χ1v) is 9.66. The molecule has 0 saturated carbocycles. The molecule has 0 radical (unpaired) electrons. The van der Waals surface area contributed by atoms with Crippen molar-refractivity contribution in [1.82, 2.24) is 0 Å². The molecule has 0 saturated heterocycles. The fourth-order valence-corrected chi connectivity index (χ4v) is 2.44. The van der Waals surface area contributed by atoms with E-state index >= 15 is 0 Å². The van der Waals surface area contributed by atoms with Gasteiger partial charge in [0.2, 0.25) is 5.91 Å². The van der Waals surface area contributed by atoms with Gasteiger partial charge in [0.05, 0.1) is 18.1 Å². The zero-order valence-electron chi connectivity index (χ0n) is 16.7. The fourth-order valence-electron chi connectivity index (χ4n) is 2.44. The lowest BCUT2D eigenvalue weighted by molar-refractivity contribution is -0.385. The highest BCUT2D eigenvalue weighted by Crippen LogP contribution is 2.28. The monoisotopic (exact) mass is 398 g/mol. The second kappa shape index (κ2) is 11.5. The number of anilines is 1. The predicted octanol–water partition coefficient (Wildman–Crippen LogP) is 5.21. The number of hydrogen-bond donors (Lipinski definition) is 1. The summed E-state index contributed by atoms with van der Waals surface area (Å²) >= 11 is 0. The van der Waals surface area contributed by atoms with Crippen molar-refractivity contribution in [1.29, 1.82) is 0 Å². The number of ether oxygens (including phenoxy) is 2. The van der Waals surface area contributed by atoms with Gasteiger partial charge < -0.3 is 14.8 Å². The van der Waals surface area contributed by atoms with Crippen LogP contribution in [-0.4, -0.2) is 24.0 Å². The van der Waals surface area contributed by atoms with Crippen LogP contribution in [0.2, 0.25) is 0 Å². The van der Waals surface area contributed by atoms with Crippen LogP contribution in [0.25, 0.3) is 6.08 Å². The summed E-state index contributed by atoms with van der Waals surface area (Å²) in [6, 6.07) is 11.7. The summed E-state index contributed by atoms with van der Waals surface area (Å²) in [5.74, 6) is 0.642. The number of amides is 1. The third-order valence-electron chi connectivity index (χ3n) is 3.96. The van der Waals surface area contributed by atoms with Gasteiger partial charge in [0.15, 0.2) is 5.75 Å². The summed E-state index contributed by atoms with van der Waals surface area (Å²) in [4.78, 5) is 22.9. The largest absolute Gasteiger partial charge is 0.494 e. The van der Waals surface area contributed by atoms with Crippen LogP contribution in [-0.2, 0) is 4.79 Å². The molecule has 0 fully saturated rings. The summed E-state index contributed by atoms with van der Waals surface area (Å²) in [5.41, 5.74) is 1.05. The maximum atomic E-state index is 12.1. The third-order valence-corrected chi connectivity index (χ3v) is 3.96. The second-order valence-electron chi connectivity index (χ2n) is 6.38. The fraction of sp³-hybridized carbons (Fsp3) is 0.318. The summed E-state index contributed by atoms with van der Waals surface area (Å²) in [7, 11) is 0. The van der Waals surface area contributed by atoms with Crippen molar-refractivity contribution in [3.05, 3.63) is 64.2 Å². The van der Waals surface area contributed by atoms with Crippen LogP contribution in [0.5, 0.6) is 11.5 Å². The quantitative estimate of drug-likeness (QED) is 0.243. The number of nitrogens with zero attached hydrogens (tertiary/aromatic N) is 1. The van der Waals surface area contributed by atoms with Crippen LogP contribution in [0.15, 0.2) is 48.5 Å². The number of carbonyl (C=O) groups is 1. The molecule has 29 heavy (non-hydrogen) atoms. The number of nitrogens with one attached hydrogen (secondary N) is 1. The van der Waals surface area contributed by atoms with Crippen molar-refractivity contribution >= 4 is 23.4 Å². The highest BCUT2D eigenvalue weighted by atomic mass is 16.6. The Labute approximate surface area is 170 Å². The SMILES string of the molecule is CCCCOc1ccc(NC(=O)/C=C/c2ccc(OCCC)c([N+](=O)[O-])c2)cc1. The van der Waals surface area contributed by atoms with Gasteiger partial charge in [0.25, 0.3) is 0 Å². The maximum absolute atomic E-state index is 12.1. The number of rotatable bonds is 11. The molecule has 2 aromatic carbocycles. The molecule has 7 heteroatoms. The molecule has 2 aromatic rings. The van der Waals surface area contributed by atoms with E-state index in [1.807, 2.05) is 6.92 Å². The van der Waals surface area contributed by atoms with Crippen LogP contribution in [0, 0.1) is 10.1 Å². The van der Waals surface area contributed by atoms with Crippen LogP contribution in [0.4, 0.5) is 11.4 Å². The molecule has 154 valence electrons. The van der Waals surface area contributed by atoms with Gasteiger partial charge in [0.1, 0.15) is 5.75 Å². The number of hydrogen-bond acceptors (Lipinski definition) is 5. The van der Waals surface area contributed by atoms with E-state index in [0.29, 0.717) is 24.5 Å². The van der Waals surface area contributed by atoms with Gasteiger partial charge in [-0.25, -0.2) is 0 Å². The predicted molar refractivity (Wildman–Crippen MR) is 113 cm³/mol. The molecular formula is C22H26N2O5. The van der Waals surface area contributed by atoms with Crippen LogP contribution >= 0.6 is 0 Å². The average molecular weight is 398 g/mol. The molecule has 0 atom stereocenters. The lowest BCUT2D eigenvalue weighted by atomic mass is 10.1. The molecule has 1 N–H and O–H groups in total. The molecule has 0 spiro atoms. The molecule has 0 aromatic heterocycles. The highest BCUT2D eigenvalue weighted by Gasteiger charge is 2.15. The standard InChI is InChI=1S/C22H26N2O5/c1-3-5-15-28-19-10-8-18(9-11-19)23-22(25)13-7-17-6-12-21(29-14-4-2)20(16-17)24(26)27/h6-13,16H,3-5,14-15H2,1-2H3,(H,23,25)/b13-7+. The smallest absolute Gasteiger partial charge is 0.311 e. The summed E-state index contributed by atoms with van der Waals surface area (Å²) < 4.78 is 11.0. The van der Waals surface area contributed by atoms with E-state index in [9.17, 15) is 14.9 Å². The van der Waals surface area contributed by atoms with Crippen LogP contribution in [0.1, 0.15) is 38.7 Å². The van der Waals surface area contributed by atoms with Crippen molar-refractivity contribution in [2.24, 2.45) is 0 Å². The van der Waals surface area contributed by atoms with E-state index < -0.39 is 4.92 Å². The Balaban J connectivity index is 1.97. The molecular weight excluding hydrogens is 372 g/mol. The van der Waals surface area contributed by atoms with E-state index in [1.165, 1.54) is 18.2 Å².